The minimum absolute atomic E-state index is 0. The fraction of sp³-hybridized carbons (Fsp3) is 0.533. The molecule has 3 N–H and O–H groups in total. The van der Waals surface area contributed by atoms with Crippen molar-refractivity contribution in [2.75, 3.05) is 5.32 Å². The number of nitrogens with one attached hydrogen (secondary N) is 3. The quantitative estimate of drug-likeness (QED) is 0.792. The molecule has 6 nitrogen and oxygen atoms in total. The molecule has 3 atom stereocenters. The van der Waals surface area contributed by atoms with Crippen LogP contribution in [0.15, 0.2) is 18.2 Å². The van der Waals surface area contributed by atoms with Gasteiger partial charge in [-0.3, -0.25) is 4.79 Å². The molecule has 118 valence electrons. The number of aromatic nitrogens is 3. The number of benzene rings is 1. The number of aromatic amines is 1. The van der Waals surface area contributed by atoms with E-state index in [1.54, 1.807) is 0 Å². The van der Waals surface area contributed by atoms with Crippen molar-refractivity contribution in [3.8, 4) is 0 Å². The van der Waals surface area contributed by atoms with Gasteiger partial charge in [0.1, 0.15) is 11.0 Å². The Bertz CT molecular complexity index is 659. The average Bonchev–Trinajstić information content (AvgIpc) is 3.13. The van der Waals surface area contributed by atoms with Crippen LogP contribution in [0.25, 0.3) is 11.0 Å². The van der Waals surface area contributed by atoms with E-state index < -0.39 is 0 Å². The Hall–Kier alpha value is -1.66. The molecule has 2 aliphatic rings. The Kier molecular flexibility index (Phi) is 4.31. The summed E-state index contributed by atoms with van der Waals surface area (Å²) in [7, 11) is 0. The molecule has 1 aliphatic carbocycles. The largest absolute Gasteiger partial charge is 0.325 e. The van der Waals surface area contributed by atoms with Crippen LogP contribution < -0.4 is 10.6 Å². The van der Waals surface area contributed by atoms with Crippen LogP contribution in [0, 0.1) is 5.92 Å². The third-order valence-electron chi connectivity index (χ3n) is 4.76. The van der Waals surface area contributed by atoms with Gasteiger partial charge in [0.05, 0.1) is 6.04 Å². The molecule has 0 spiro atoms. The van der Waals surface area contributed by atoms with E-state index in [9.17, 15) is 4.79 Å². The van der Waals surface area contributed by atoms with Crippen LogP contribution in [-0.4, -0.2) is 33.4 Å². The van der Waals surface area contributed by atoms with Gasteiger partial charge >= 0.3 is 0 Å². The number of carbonyl (C=O) groups excluding carboxylic acids is 1. The summed E-state index contributed by atoms with van der Waals surface area (Å²) in [4.78, 5) is 12.4. The number of H-pyrrole nitrogens is 1. The summed E-state index contributed by atoms with van der Waals surface area (Å²) in [5, 5.41) is 17.1. The first-order valence-electron chi connectivity index (χ1n) is 7.67. The summed E-state index contributed by atoms with van der Waals surface area (Å²) in [5.41, 5.74) is 2.34. The van der Waals surface area contributed by atoms with Crippen molar-refractivity contribution in [2.24, 2.45) is 5.92 Å². The highest BCUT2D eigenvalue weighted by atomic mass is 35.5. The van der Waals surface area contributed by atoms with E-state index in [2.05, 4.69) is 26.0 Å². The maximum Gasteiger partial charge on any atom is 0.241 e. The summed E-state index contributed by atoms with van der Waals surface area (Å²) in [6, 6.07) is 6.04. The number of halogens is 1. The second kappa shape index (κ2) is 6.22. The van der Waals surface area contributed by atoms with Gasteiger partial charge in [-0.15, -0.1) is 12.4 Å². The van der Waals surface area contributed by atoms with E-state index >= 15 is 0 Å². The van der Waals surface area contributed by atoms with E-state index in [1.165, 1.54) is 25.7 Å². The van der Waals surface area contributed by atoms with Crippen molar-refractivity contribution in [3.05, 3.63) is 18.2 Å². The van der Waals surface area contributed by atoms with Gasteiger partial charge in [0, 0.05) is 11.7 Å². The Morgan fingerprint density at radius 2 is 2.00 bits per heavy atom. The first-order valence-corrected chi connectivity index (χ1v) is 7.67. The van der Waals surface area contributed by atoms with Crippen molar-refractivity contribution in [2.45, 2.75) is 44.2 Å². The van der Waals surface area contributed by atoms with Crippen LogP contribution in [0.3, 0.4) is 0 Å². The summed E-state index contributed by atoms with van der Waals surface area (Å²) in [6.45, 7) is 0. The lowest BCUT2D eigenvalue weighted by Crippen LogP contribution is -2.39. The standard InChI is InChI=1S/C15H19N5O.ClH/c21-15(14-7-9-3-1-2-4-11(9)17-14)16-10-5-6-12-13(8-10)19-20-18-12;/h5-6,8-9,11,14,17H,1-4,7H2,(H,16,21)(H,18,19,20);1H. The van der Waals surface area contributed by atoms with Gasteiger partial charge in [-0.05, 0) is 43.4 Å². The zero-order valence-electron chi connectivity index (χ0n) is 12.2. The van der Waals surface area contributed by atoms with Crippen LogP contribution in [0.1, 0.15) is 32.1 Å². The summed E-state index contributed by atoms with van der Waals surface area (Å²) in [6.07, 6.45) is 6.01. The Balaban J connectivity index is 0.00000144. The molecular weight excluding hydrogens is 302 g/mol. The molecule has 2 heterocycles. The number of amides is 1. The van der Waals surface area contributed by atoms with Crippen LogP contribution in [0.2, 0.25) is 0 Å². The van der Waals surface area contributed by atoms with E-state index in [4.69, 9.17) is 0 Å². The van der Waals surface area contributed by atoms with E-state index in [0.29, 0.717) is 12.0 Å². The number of rotatable bonds is 2. The highest BCUT2D eigenvalue weighted by Gasteiger charge is 2.38. The molecule has 1 aromatic heterocycles. The molecule has 0 radical (unpaired) electrons. The summed E-state index contributed by atoms with van der Waals surface area (Å²) >= 11 is 0. The predicted molar refractivity (Wildman–Crippen MR) is 87.1 cm³/mol. The van der Waals surface area contributed by atoms with Gasteiger partial charge in [-0.2, -0.15) is 15.4 Å². The molecule has 2 fully saturated rings. The lowest BCUT2D eigenvalue weighted by atomic mass is 9.85. The molecule has 1 saturated heterocycles. The summed E-state index contributed by atoms with van der Waals surface area (Å²) in [5.74, 6) is 0.736. The van der Waals surface area contributed by atoms with Crippen LogP contribution in [0.4, 0.5) is 5.69 Å². The van der Waals surface area contributed by atoms with E-state index in [0.717, 1.165) is 23.1 Å². The predicted octanol–water partition coefficient (Wildman–Crippen LogP) is 2.24. The normalized spacial score (nSPS) is 27.2. The molecule has 0 bridgehead atoms. The number of anilines is 1. The van der Waals surface area contributed by atoms with E-state index in [1.807, 2.05) is 18.2 Å². The smallest absolute Gasteiger partial charge is 0.241 e. The van der Waals surface area contributed by atoms with Crippen LogP contribution in [0.5, 0.6) is 0 Å². The van der Waals surface area contributed by atoms with Crippen molar-refractivity contribution in [3.63, 3.8) is 0 Å². The maximum atomic E-state index is 12.4. The van der Waals surface area contributed by atoms with Crippen LogP contribution >= 0.6 is 12.4 Å². The van der Waals surface area contributed by atoms with Gasteiger partial charge in [0.25, 0.3) is 0 Å². The van der Waals surface area contributed by atoms with Crippen LogP contribution in [-0.2, 0) is 4.79 Å². The molecule has 1 saturated carbocycles. The van der Waals surface area contributed by atoms with Crippen molar-refractivity contribution < 1.29 is 4.79 Å². The van der Waals surface area contributed by atoms with Crippen molar-refractivity contribution in [1.82, 2.24) is 20.7 Å². The molecule has 1 aliphatic heterocycles. The van der Waals surface area contributed by atoms with Gasteiger partial charge in [-0.25, -0.2) is 0 Å². The minimum Gasteiger partial charge on any atom is -0.325 e. The highest BCUT2D eigenvalue weighted by molar-refractivity contribution is 5.96. The Labute approximate surface area is 134 Å². The highest BCUT2D eigenvalue weighted by Crippen LogP contribution is 2.33. The second-order valence-corrected chi connectivity index (χ2v) is 6.12. The van der Waals surface area contributed by atoms with Crippen molar-refractivity contribution >= 4 is 35.0 Å². The second-order valence-electron chi connectivity index (χ2n) is 6.12. The molecule has 22 heavy (non-hydrogen) atoms. The molecular formula is C15H20ClN5O. The fourth-order valence-electron chi connectivity index (χ4n) is 3.67. The monoisotopic (exact) mass is 321 g/mol. The number of fused-ring (bicyclic) bond motifs is 2. The lowest BCUT2D eigenvalue weighted by Gasteiger charge is -2.24. The molecule has 1 amide bonds. The fourth-order valence-corrected chi connectivity index (χ4v) is 3.67. The third kappa shape index (κ3) is 2.80. The van der Waals surface area contributed by atoms with E-state index in [-0.39, 0.29) is 24.4 Å². The topological polar surface area (TPSA) is 82.7 Å². The maximum absolute atomic E-state index is 12.4. The Morgan fingerprint density at radius 3 is 2.86 bits per heavy atom. The summed E-state index contributed by atoms with van der Waals surface area (Å²) < 4.78 is 0. The zero-order chi connectivity index (χ0) is 14.2. The molecule has 7 heteroatoms. The third-order valence-corrected chi connectivity index (χ3v) is 4.76. The van der Waals surface area contributed by atoms with Gasteiger partial charge in [0.15, 0.2) is 0 Å². The molecule has 4 rings (SSSR count). The molecule has 2 aromatic rings. The number of nitrogens with zero attached hydrogens (tertiary/aromatic N) is 2. The average molecular weight is 322 g/mol. The zero-order valence-corrected chi connectivity index (χ0v) is 13.0. The first kappa shape index (κ1) is 15.2. The first-order chi connectivity index (χ1) is 10.3. The Morgan fingerprint density at radius 1 is 1.18 bits per heavy atom. The van der Waals surface area contributed by atoms with Gasteiger partial charge < -0.3 is 10.6 Å². The van der Waals surface area contributed by atoms with Gasteiger partial charge in [-0.1, -0.05) is 12.8 Å². The number of carbonyl (C=O) groups is 1. The minimum atomic E-state index is -0.0638. The SMILES string of the molecule is Cl.O=C(Nc1ccc2n[nH]nc2c1)C1CC2CCCCC2N1. The number of hydrogen-bond donors (Lipinski definition) is 3. The lowest BCUT2D eigenvalue weighted by molar-refractivity contribution is -0.117. The molecule has 3 unspecified atom stereocenters. The number of hydrogen-bond acceptors (Lipinski definition) is 4. The van der Waals surface area contributed by atoms with Gasteiger partial charge in [0.2, 0.25) is 5.91 Å². The van der Waals surface area contributed by atoms with Crippen molar-refractivity contribution in [1.29, 1.82) is 0 Å². The molecule has 1 aromatic carbocycles.